The van der Waals surface area contributed by atoms with Gasteiger partial charge in [0.25, 0.3) is 0 Å². The average molecular weight is 439 g/mol. The van der Waals surface area contributed by atoms with Gasteiger partial charge in [-0.05, 0) is 77.9 Å². The second-order valence-corrected chi connectivity index (χ2v) is 8.80. The van der Waals surface area contributed by atoms with E-state index in [0.717, 1.165) is 43.4 Å². The van der Waals surface area contributed by atoms with E-state index in [4.69, 9.17) is 0 Å². The maximum Gasteiger partial charge on any atom is 0.158 e. The third-order valence-electron chi connectivity index (χ3n) is 5.28. The van der Waals surface area contributed by atoms with Crippen molar-refractivity contribution in [3.63, 3.8) is 0 Å². The number of rotatable bonds is 5. The Labute approximate surface area is 188 Å². The molecule has 3 nitrogen and oxygen atoms in total. The second kappa shape index (κ2) is 8.83. The van der Waals surface area contributed by atoms with Gasteiger partial charge in [-0.3, -0.25) is 4.98 Å². The molecule has 0 saturated carbocycles. The molecule has 156 valence electrons. The zero-order valence-corrected chi connectivity index (χ0v) is 17.9. The van der Waals surface area contributed by atoms with E-state index in [1.165, 1.54) is 12.1 Å². The van der Waals surface area contributed by atoms with Crippen LogP contribution in [-0.4, -0.2) is 14.5 Å². The van der Waals surface area contributed by atoms with Gasteiger partial charge in [0.05, 0.1) is 5.69 Å². The summed E-state index contributed by atoms with van der Waals surface area (Å²) >= 11 is -1.22. The maximum absolute atomic E-state index is 13.5. The van der Waals surface area contributed by atoms with Crippen molar-refractivity contribution in [3.05, 3.63) is 115 Å². The topological polar surface area (TPSA) is 51.7 Å². The lowest BCUT2D eigenvalue weighted by Crippen LogP contribution is -2.01. The minimum Gasteiger partial charge on any atom is -0.606 e. The molecule has 2 heterocycles. The van der Waals surface area contributed by atoms with E-state index in [1.807, 2.05) is 66.7 Å². The van der Waals surface area contributed by atoms with Crippen LogP contribution in [0.3, 0.4) is 0 Å². The molecule has 0 saturated heterocycles. The van der Waals surface area contributed by atoms with Gasteiger partial charge < -0.3 is 9.54 Å². The molecule has 1 N–H and O–H groups in total. The molecule has 2 aromatic heterocycles. The van der Waals surface area contributed by atoms with Crippen molar-refractivity contribution < 1.29 is 8.94 Å². The molecule has 32 heavy (non-hydrogen) atoms. The number of H-pyrrole nitrogens is 1. The highest BCUT2D eigenvalue weighted by Crippen LogP contribution is 2.36. The van der Waals surface area contributed by atoms with Crippen molar-refractivity contribution in [2.24, 2.45) is 0 Å². The van der Waals surface area contributed by atoms with Crippen molar-refractivity contribution >= 4 is 11.2 Å². The fourth-order valence-electron chi connectivity index (χ4n) is 3.65. The Balaban J connectivity index is 1.53. The molecule has 5 heteroatoms. The van der Waals surface area contributed by atoms with Crippen LogP contribution in [0.2, 0.25) is 0 Å². The van der Waals surface area contributed by atoms with E-state index in [1.54, 1.807) is 24.5 Å². The number of pyridine rings is 1. The summed E-state index contributed by atoms with van der Waals surface area (Å²) in [4.78, 5) is 9.15. The molecule has 5 rings (SSSR count). The minimum absolute atomic E-state index is 0.267. The number of hydrogen-bond acceptors (Lipinski definition) is 2. The van der Waals surface area contributed by atoms with Gasteiger partial charge in [0, 0.05) is 40.4 Å². The molecule has 0 radical (unpaired) electrons. The van der Waals surface area contributed by atoms with Gasteiger partial charge in [0.2, 0.25) is 0 Å². The highest BCUT2D eigenvalue weighted by Gasteiger charge is 2.16. The van der Waals surface area contributed by atoms with Crippen molar-refractivity contribution in [1.82, 2.24) is 9.97 Å². The molecule has 0 aliphatic rings. The molecule has 0 bridgehead atoms. The van der Waals surface area contributed by atoms with E-state index in [-0.39, 0.29) is 5.82 Å². The molecule has 0 fully saturated rings. The maximum atomic E-state index is 13.5. The summed E-state index contributed by atoms with van der Waals surface area (Å²) in [7, 11) is 0. The van der Waals surface area contributed by atoms with Crippen LogP contribution in [-0.2, 0) is 11.2 Å². The normalized spacial score (nSPS) is 11.9. The minimum atomic E-state index is -1.22. The number of nitrogens with zero attached hydrogens (tertiary/aromatic N) is 1. The number of halogens is 1. The van der Waals surface area contributed by atoms with Crippen LogP contribution < -0.4 is 0 Å². The monoisotopic (exact) mass is 438 g/mol. The van der Waals surface area contributed by atoms with Crippen molar-refractivity contribution in [3.8, 4) is 33.6 Å². The zero-order valence-electron chi connectivity index (χ0n) is 17.0. The van der Waals surface area contributed by atoms with Gasteiger partial charge in [-0.25, -0.2) is 4.39 Å². The molecule has 1 unspecified atom stereocenters. The first-order chi connectivity index (χ1) is 15.7. The predicted octanol–water partition coefficient (Wildman–Crippen LogP) is 6.72. The highest BCUT2D eigenvalue weighted by molar-refractivity contribution is 7.91. The lowest BCUT2D eigenvalue weighted by molar-refractivity contribution is 0.595. The van der Waals surface area contributed by atoms with Gasteiger partial charge in [0.15, 0.2) is 9.79 Å². The highest BCUT2D eigenvalue weighted by atomic mass is 32.2. The van der Waals surface area contributed by atoms with Crippen molar-refractivity contribution in [2.45, 2.75) is 9.79 Å². The molecular weight excluding hydrogens is 419 g/mol. The van der Waals surface area contributed by atoms with Gasteiger partial charge in [-0.15, -0.1) is 0 Å². The zero-order chi connectivity index (χ0) is 21.9. The number of benzene rings is 3. The number of aromatic nitrogens is 2. The molecule has 0 aliphatic heterocycles. The largest absolute Gasteiger partial charge is 0.606 e. The van der Waals surface area contributed by atoms with Gasteiger partial charge in [-0.1, -0.05) is 30.3 Å². The molecule has 0 aliphatic carbocycles. The fourth-order valence-corrected chi connectivity index (χ4v) is 4.71. The summed E-state index contributed by atoms with van der Waals surface area (Å²) in [5.41, 5.74) is 5.72. The summed E-state index contributed by atoms with van der Waals surface area (Å²) in [5.74, 6) is -0.267. The Morgan fingerprint density at radius 1 is 0.688 bits per heavy atom. The van der Waals surface area contributed by atoms with Crippen LogP contribution in [0.25, 0.3) is 33.6 Å². The van der Waals surface area contributed by atoms with Gasteiger partial charge in [0.1, 0.15) is 5.82 Å². The lowest BCUT2D eigenvalue weighted by atomic mass is 10.0. The first kappa shape index (κ1) is 20.2. The van der Waals surface area contributed by atoms with Gasteiger partial charge >= 0.3 is 0 Å². The van der Waals surface area contributed by atoms with E-state index >= 15 is 0 Å². The molecular formula is C27H19FN2OS. The third kappa shape index (κ3) is 4.08. The average Bonchev–Trinajstić information content (AvgIpc) is 3.31. The van der Waals surface area contributed by atoms with Crippen molar-refractivity contribution in [1.29, 1.82) is 0 Å². The Morgan fingerprint density at radius 3 is 2.00 bits per heavy atom. The van der Waals surface area contributed by atoms with Crippen LogP contribution >= 0.6 is 0 Å². The summed E-state index contributed by atoms with van der Waals surface area (Å²) < 4.78 is 26.3. The number of nitrogens with one attached hydrogen (secondary N) is 1. The standard InChI is InChI=1S/C27H19FN2OS/c28-22-10-6-19(7-11-22)25-18-26(30-27(25)21-14-16-29-17-15-21)20-8-12-24(13-9-20)32(31)23-4-2-1-3-5-23/h1-18,30H. The number of aromatic amines is 1. The van der Waals surface area contributed by atoms with Crippen LogP contribution in [0.1, 0.15) is 0 Å². The molecule has 3 aromatic carbocycles. The predicted molar refractivity (Wildman–Crippen MR) is 126 cm³/mol. The number of hydrogen-bond donors (Lipinski definition) is 1. The van der Waals surface area contributed by atoms with Crippen LogP contribution in [0, 0.1) is 5.82 Å². The van der Waals surface area contributed by atoms with Crippen LogP contribution in [0.4, 0.5) is 4.39 Å². The van der Waals surface area contributed by atoms with E-state index in [0.29, 0.717) is 0 Å². The third-order valence-corrected chi connectivity index (χ3v) is 6.68. The molecule has 5 aromatic rings. The van der Waals surface area contributed by atoms with E-state index < -0.39 is 11.2 Å². The summed E-state index contributed by atoms with van der Waals surface area (Å²) in [5, 5.41) is 0. The second-order valence-electron chi connectivity index (χ2n) is 7.32. The molecule has 1 atom stereocenters. The summed E-state index contributed by atoms with van der Waals surface area (Å²) in [6.45, 7) is 0. The quantitative estimate of drug-likeness (QED) is 0.310. The summed E-state index contributed by atoms with van der Waals surface area (Å²) in [6.07, 6.45) is 3.50. The Morgan fingerprint density at radius 2 is 1.31 bits per heavy atom. The Kier molecular flexibility index (Phi) is 5.58. The molecule has 0 spiro atoms. The van der Waals surface area contributed by atoms with Crippen LogP contribution in [0.15, 0.2) is 119 Å². The summed E-state index contributed by atoms with van der Waals surface area (Å²) in [6, 6.07) is 29.6. The SMILES string of the molecule is [O-][S+](c1ccccc1)c1ccc(-c2cc(-c3ccc(F)cc3)c(-c3ccncc3)[nH]2)cc1. The first-order valence-corrected chi connectivity index (χ1v) is 11.3. The van der Waals surface area contributed by atoms with Crippen molar-refractivity contribution in [2.75, 3.05) is 0 Å². The van der Waals surface area contributed by atoms with E-state index in [2.05, 4.69) is 16.0 Å². The first-order valence-electron chi connectivity index (χ1n) is 10.2. The Hall–Kier alpha value is -3.67. The Bertz CT molecular complexity index is 1320. The smallest absolute Gasteiger partial charge is 0.158 e. The van der Waals surface area contributed by atoms with E-state index in [9.17, 15) is 8.94 Å². The molecule has 0 amide bonds. The fraction of sp³-hybridized carbons (Fsp3) is 0. The lowest BCUT2D eigenvalue weighted by Gasteiger charge is -2.10. The van der Waals surface area contributed by atoms with Crippen LogP contribution in [0.5, 0.6) is 0 Å². The van der Waals surface area contributed by atoms with Gasteiger partial charge in [-0.2, -0.15) is 0 Å².